The molecule has 6 heteroatoms. The Morgan fingerprint density at radius 1 is 1.15 bits per heavy atom. The molecule has 20 heavy (non-hydrogen) atoms. The molecule has 2 aromatic carbocycles. The van der Waals surface area contributed by atoms with Gasteiger partial charge in [-0.15, -0.1) is 0 Å². The van der Waals surface area contributed by atoms with E-state index in [0.717, 1.165) is 5.56 Å². The second-order valence-electron chi connectivity index (χ2n) is 4.30. The van der Waals surface area contributed by atoms with Crippen LogP contribution in [0.2, 0.25) is 15.1 Å². The fourth-order valence-corrected chi connectivity index (χ4v) is 2.55. The van der Waals surface area contributed by atoms with Crippen molar-refractivity contribution in [2.75, 3.05) is 0 Å². The van der Waals surface area contributed by atoms with Gasteiger partial charge in [0.1, 0.15) is 5.82 Å². The van der Waals surface area contributed by atoms with E-state index in [-0.39, 0.29) is 11.9 Å². The molecule has 0 bridgehead atoms. The lowest BCUT2D eigenvalue weighted by atomic mass is 9.99. The van der Waals surface area contributed by atoms with E-state index in [0.29, 0.717) is 27.1 Å². The van der Waals surface area contributed by atoms with Crippen molar-refractivity contribution in [3.05, 3.63) is 68.4 Å². The van der Waals surface area contributed by atoms with Gasteiger partial charge in [-0.25, -0.2) is 4.39 Å². The molecule has 0 aromatic heterocycles. The minimum atomic E-state index is -0.379. The highest BCUT2D eigenvalue weighted by Gasteiger charge is 2.17. The summed E-state index contributed by atoms with van der Waals surface area (Å²) in [5.41, 5.74) is 3.85. The van der Waals surface area contributed by atoms with Gasteiger partial charge in [0.2, 0.25) is 0 Å². The van der Waals surface area contributed by atoms with E-state index in [1.807, 2.05) is 0 Å². The van der Waals surface area contributed by atoms with Crippen molar-refractivity contribution in [2.45, 2.75) is 12.5 Å². The zero-order valence-electron chi connectivity index (χ0n) is 10.3. The zero-order chi connectivity index (χ0) is 14.7. The quantitative estimate of drug-likeness (QED) is 0.637. The van der Waals surface area contributed by atoms with E-state index in [9.17, 15) is 4.39 Å². The molecule has 0 heterocycles. The molecule has 0 aliphatic rings. The van der Waals surface area contributed by atoms with E-state index in [1.54, 1.807) is 30.3 Å². The summed E-state index contributed by atoms with van der Waals surface area (Å²) in [4.78, 5) is 0. The van der Waals surface area contributed by atoms with Crippen molar-refractivity contribution in [3.63, 3.8) is 0 Å². The number of nitrogens with one attached hydrogen (secondary N) is 1. The summed E-state index contributed by atoms with van der Waals surface area (Å²) in [5, 5.41) is 1.19. The standard InChI is InChI=1S/C14H12Cl3FN2/c15-9-5-4-8(12(18)7-9)6-13(20-19)10-2-1-3-11(16)14(10)17/h1-5,7,13,20H,6,19H2. The van der Waals surface area contributed by atoms with Gasteiger partial charge in [0, 0.05) is 5.02 Å². The van der Waals surface area contributed by atoms with E-state index < -0.39 is 0 Å². The van der Waals surface area contributed by atoms with E-state index >= 15 is 0 Å². The minimum Gasteiger partial charge on any atom is -0.271 e. The summed E-state index contributed by atoms with van der Waals surface area (Å²) in [7, 11) is 0. The summed E-state index contributed by atoms with van der Waals surface area (Å²) in [6.45, 7) is 0. The molecule has 0 amide bonds. The van der Waals surface area contributed by atoms with Crippen LogP contribution in [0.5, 0.6) is 0 Å². The molecule has 1 atom stereocenters. The SMILES string of the molecule is NNC(Cc1ccc(Cl)cc1F)c1cccc(Cl)c1Cl. The Labute approximate surface area is 131 Å². The fourth-order valence-electron chi connectivity index (χ4n) is 1.96. The van der Waals surface area contributed by atoms with Crippen molar-refractivity contribution in [1.82, 2.24) is 5.43 Å². The molecule has 0 saturated heterocycles. The van der Waals surface area contributed by atoms with Crippen LogP contribution in [0.4, 0.5) is 4.39 Å². The molecular weight excluding hydrogens is 322 g/mol. The maximum absolute atomic E-state index is 13.8. The van der Waals surface area contributed by atoms with Crippen LogP contribution in [0.25, 0.3) is 0 Å². The Kier molecular flexibility index (Phi) is 5.24. The molecule has 1 unspecified atom stereocenters. The number of benzene rings is 2. The predicted molar refractivity (Wildman–Crippen MR) is 81.6 cm³/mol. The van der Waals surface area contributed by atoms with Crippen LogP contribution >= 0.6 is 34.8 Å². The maximum atomic E-state index is 13.8. The molecule has 0 fully saturated rings. The molecule has 2 rings (SSSR count). The van der Waals surface area contributed by atoms with Crippen molar-refractivity contribution >= 4 is 34.8 Å². The first-order valence-electron chi connectivity index (χ1n) is 5.87. The van der Waals surface area contributed by atoms with Gasteiger partial charge in [-0.2, -0.15) is 0 Å². The molecule has 106 valence electrons. The van der Waals surface area contributed by atoms with Crippen molar-refractivity contribution in [2.24, 2.45) is 5.84 Å². The van der Waals surface area contributed by atoms with Gasteiger partial charge in [-0.05, 0) is 35.7 Å². The number of hydrogen-bond acceptors (Lipinski definition) is 2. The number of rotatable bonds is 4. The fraction of sp³-hybridized carbons (Fsp3) is 0.143. The Bertz CT molecular complexity index is 619. The average Bonchev–Trinajstić information content (AvgIpc) is 2.42. The Morgan fingerprint density at radius 2 is 1.90 bits per heavy atom. The summed E-state index contributed by atoms with van der Waals surface area (Å²) < 4.78 is 13.8. The lowest BCUT2D eigenvalue weighted by Crippen LogP contribution is -2.30. The first kappa shape index (κ1) is 15.5. The second kappa shape index (κ2) is 6.74. The number of nitrogens with two attached hydrogens (primary N) is 1. The third-order valence-electron chi connectivity index (χ3n) is 3.00. The van der Waals surface area contributed by atoms with Gasteiger partial charge in [-0.1, -0.05) is 53.0 Å². The van der Waals surface area contributed by atoms with Crippen LogP contribution in [-0.2, 0) is 6.42 Å². The van der Waals surface area contributed by atoms with Crippen LogP contribution in [-0.4, -0.2) is 0 Å². The highest BCUT2D eigenvalue weighted by atomic mass is 35.5. The van der Waals surface area contributed by atoms with Crippen LogP contribution in [0.3, 0.4) is 0 Å². The molecule has 0 saturated carbocycles. The zero-order valence-corrected chi connectivity index (χ0v) is 12.6. The average molecular weight is 334 g/mol. The lowest BCUT2D eigenvalue weighted by Gasteiger charge is -2.18. The van der Waals surface area contributed by atoms with Crippen LogP contribution in [0.1, 0.15) is 17.2 Å². The van der Waals surface area contributed by atoms with Gasteiger partial charge in [0.25, 0.3) is 0 Å². The lowest BCUT2D eigenvalue weighted by molar-refractivity contribution is 0.529. The Balaban J connectivity index is 2.31. The minimum absolute atomic E-state index is 0.333. The van der Waals surface area contributed by atoms with Gasteiger partial charge < -0.3 is 0 Å². The molecular formula is C14H12Cl3FN2. The maximum Gasteiger partial charge on any atom is 0.127 e. The smallest absolute Gasteiger partial charge is 0.127 e. The monoisotopic (exact) mass is 332 g/mol. The van der Waals surface area contributed by atoms with Gasteiger partial charge in [-0.3, -0.25) is 11.3 Å². The van der Waals surface area contributed by atoms with Gasteiger partial charge in [0.15, 0.2) is 0 Å². The molecule has 0 aliphatic heterocycles. The number of hydrogen-bond donors (Lipinski definition) is 2. The summed E-state index contributed by atoms with van der Waals surface area (Å²) in [6.07, 6.45) is 0.333. The first-order valence-corrected chi connectivity index (χ1v) is 7.00. The third kappa shape index (κ3) is 3.43. The Morgan fingerprint density at radius 3 is 2.55 bits per heavy atom. The van der Waals surface area contributed by atoms with Gasteiger partial charge >= 0.3 is 0 Å². The Hall–Kier alpha value is -0.840. The summed E-state index contributed by atoms with van der Waals surface area (Å²) >= 11 is 17.9. The van der Waals surface area contributed by atoms with Gasteiger partial charge in [0.05, 0.1) is 16.1 Å². The van der Waals surface area contributed by atoms with Crippen molar-refractivity contribution in [1.29, 1.82) is 0 Å². The second-order valence-corrected chi connectivity index (χ2v) is 5.52. The third-order valence-corrected chi connectivity index (χ3v) is 4.07. The normalized spacial score (nSPS) is 12.4. The van der Waals surface area contributed by atoms with Crippen molar-refractivity contribution in [3.8, 4) is 0 Å². The highest BCUT2D eigenvalue weighted by molar-refractivity contribution is 6.42. The first-order chi connectivity index (χ1) is 9.52. The molecule has 3 N–H and O–H groups in total. The largest absolute Gasteiger partial charge is 0.271 e. The number of halogens is 4. The molecule has 0 spiro atoms. The van der Waals surface area contributed by atoms with E-state index in [1.165, 1.54) is 6.07 Å². The topological polar surface area (TPSA) is 38.0 Å². The number of hydrazine groups is 1. The summed E-state index contributed by atoms with van der Waals surface area (Å²) in [5.74, 6) is 5.17. The van der Waals surface area contributed by atoms with Crippen LogP contribution in [0.15, 0.2) is 36.4 Å². The van der Waals surface area contributed by atoms with Crippen molar-refractivity contribution < 1.29 is 4.39 Å². The molecule has 2 aromatic rings. The molecule has 2 nitrogen and oxygen atoms in total. The van der Waals surface area contributed by atoms with E-state index in [4.69, 9.17) is 40.6 Å². The predicted octanol–water partition coefficient (Wildman–Crippen LogP) is 4.53. The summed E-state index contributed by atoms with van der Waals surface area (Å²) in [6, 6.07) is 9.43. The molecule has 0 radical (unpaired) electrons. The highest BCUT2D eigenvalue weighted by Crippen LogP contribution is 2.31. The van der Waals surface area contributed by atoms with Crippen LogP contribution < -0.4 is 11.3 Å². The molecule has 0 aliphatic carbocycles. The van der Waals surface area contributed by atoms with E-state index in [2.05, 4.69) is 5.43 Å². The van der Waals surface area contributed by atoms with Crippen LogP contribution in [0, 0.1) is 5.82 Å².